The standard InChI is InChI=1S/C10H11ClN2O2/c1-6-8(13-7(11)5-12-6)15-9(14)10(2)3-4-10/h5H,3-4H2,1-2H3. The van der Waals surface area contributed by atoms with Gasteiger partial charge in [0.15, 0.2) is 5.15 Å². The maximum Gasteiger partial charge on any atom is 0.318 e. The zero-order chi connectivity index (χ0) is 11.1. The SMILES string of the molecule is Cc1ncc(Cl)nc1OC(=O)C1(C)CC1. The molecule has 5 heteroatoms. The zero-order valence-electron chi connectivity index (χ0n) is 8.58. The highest BCUT2D eigenvalue weighted by atomic mass is 35.5. The average molecular weight is 227 g/mol. The van der Waals surface area contributed by atoms with Gasteiger partial charge in [0.25, 0.3) is 0 Å². The molecule has 15 heavy (non-hydrogen) atoms. The van der Waals surface area contributed by atoms with Crippen molar-refractivity contribution in [3.8, 4) is 5.88 Å². The summed E-state index contributed by atoms with van der Waals surface area (Å²) in [4.78, 5) is 19.5. The van der Waals surface area contributed by atoms with Crippen molar-refractivity contribution in [1.82, 2.24) is 9.97 Å². The Morgan fingerprint density at radius 1 is 1.60 bits per heavy atom. The van der Waals surface area contributed by atoms with Gasteiger partial charge in [-0.3, -0.25) is 9.78 Å². The van der Waals surface area contributed by atoms with Gasteiger partial charge in [-0.15, -0.1) is 0 Å². The molecule has 0 atom stereocenters. The first-order valence-corrected chi connectivity index (χ1v) is 5.10. The van der Waals surface area contributed by atoms with Gasteiger partial charge in [-0.25, -0.2) is 0 Å². The van der Waals surface area contributed by atoms with Crippen LogP contribution in [0.4, 0.5) is 0 Å². The Kier molecular flexibility index (Phi) is 2.38. The van der Waals surface area contributed by atoms with E-state index in [9.17, 15) is 4.79 Å². The first-order chi connectivity index (χ1) is 7.01. The monoisotopic (exact) mass is 226 g/mol. The van der Waals surface area contributed by atoms with Gasteiger partial charge in [-0.1, -0.05) is 11.6 Å². The summed E-state index contributed by atoms with van der Waals surface area (Å²) in [5.41, 5.74) is 0.244. The highest BCUT2D eigenvalue weighted by Gasteiger charge is 2.47. The maximum atomic E-state index is 11.6. The lowest BCUT2D eigenvalue weighted by Gasteiger charge is -2.09. The Morgan fingerprint density at radius 2 is 2.27 bits per heavy atom. The molecule has 1 aromatic heterocycles. The van der Waals surface area contributed by atoms with Gasteiger partial charge in [-0.2, -0.15) is 4.98 Å². The number of hydrogen-bond acceptors (Lipinski definition) is 4. The summed E-state index contributed by atoms with van der Waals surface area (Å²) in [6.45, 7) is 3.60. The summed E-state index contributed by atoms with van der Waals surface area (Å²) in [5, 5.41) is 0.226. The summed E-state index contributed by atoms with van der Waals surface area (Å²) in [5.74, 6) is -0.0391. The summed E-state index contributed by atoms with van der Waals surface area (Å²) in [7, 11) is 0. The molecule has 4 nitrogen and oxygen atoms in total. The fourth-order valence-electron chi connectivity index (χ4n) is 1.11. The Hall–Kier alpha value is -1.16. The van der Waals surface area contributed by atoms with E-state index < -0.39 is 0 Å². The van der Waals surface area contributed by atoms with Crippen molar-refractivity contribution in [1.29, 1.82) is 0 Å². The van der Waals surface area contributed by atoms with Crippen LogP contribution in [0.3, 0.4) is 0 Å². The minimum atomic E-state index is -0.323. The van der Waals surface area contributed by atoms with Gasteiger partial charge >= 0.3 is 5.97 Å². The molecule has 80 valence electrons. The van der Waals surface area contributed by atoms with Gasteiger partial charge in [-0.05, 0) is 26.7 Å². The molecular formula is C10H11ClN2O2. The molecule has 1 aromatic rings. The van der Waals surface area contributed by atoms with Crippen LogP contribution in [-0.2, 0) is 4.79 Å². The molecule has 1 saturated carbocycles. The van der Waals surface area contributed by atoms with Gasteiger partial charge in [0.05, 0.1) is 17.3 Å². The van der Waals surface area contributed by atoms with Crippen molar-refractivity contribution in [3.05, 3.63) is 17.0 Å². The molecule has 0 unspecified atom stereocenters. The third-order valence-electron chi connectivity index (χ3n) is 2.56. The normalized spacial score (nSPS) is 17.3. The number of aromatic nitrogens is 2. The smallest absolute Gasteiger partial charge is 0.318 e. The third kappa shape index (κ3) is 2.09. The van der Waals surface area contributed by atoms with Crippen LogP contribution in [0.1, 0.15) is 25.5 Å². The van der Waals surface area contributed by atoms with Crippen LogP contribution >= 0.6 is 11.6 Å². The zero-order valence-corrected chi connectivity index (χ0v) is 9.34. The number of carbonyl (C=O) groups is 1. The molecule has 0 aliphatic heterocycles. The van der Waals surface area contributed by atoms with Crippen LogP contribution in [0.25, 0.3) is 0 Å². The molecule has 0 bridgehead atoms. The fraction of sp³-hybridized carbons (Fsp3) is 0.500. The molecule has 0 N–H and O–H groups in total. The number of carbonyl (C=O) groups excluding carboxylic acids is 1. The Bertz CT molecular complexity index is 416. The molecule has 1 fully saturated rings. The Morgan fingerprint density at radius 3 is 2.87 bits per heavy atom. The Labute approximate surface area is 92.6 Å². The quantitative estimate of drug-likeness (QED) is 0.725. The lowest BCUT2D eigenvalue weighted by molar-refractivity contribution is -0.140. The largest absolute Gasteiger partial charge is 0.405 e. The summed E-state index contributed by atoms with van der Waals surface area (Å²) in [6.07, 6.45) is 3.17. The van der Waals surface area contributed by atoms with Gasteiger partial charge in [0, 0.05) is 0 Å². The van der Waals surface area contributed by atoms with Crippen molar-refractivity contribution in [2.45, 2.75) is 26.7 Å². The molecule has 1 aliphatic carbocycles. The number of rotatable bonds is 2. The first kappa shape index (κ1) is 10.4. The first-order valence-electron chi connectivity index (χ1n) is 4.73. The second kappa shape index (κ2) is 3.45. The predicted octanol–water partition coefficient (Wildman–Crippen LogP) is 2.14. The highest BCUT2D eigenvalue weighted by Crippen LogP contribution is 2.46. The topological polar surface area (TPSA) is 52.1 Å². The molecule has 1 heterocycles. The van der Waals surface area contributed by atoms with Gasteiger partial charge < -0.3 is 4.74 Å². The van der Waals surface area contributed by atoms with E-state index in [1.54, 1.807) is 6.92 Å². The van der Waals surface area contributed by atoms with Gasteiger partial charge in [0.1, 0.15) is 0 Å². The van der Waals surface area contributed by atoms with Crippen LogP contribution < -0.4 is 4.74 Å². The van der Waals surface area contributed by atoms with Crippen molar-refractivity contribution in [3.63, 3.8) is 0 Å². The molecule has 1 aliphatic rings. The minimum Gasteiger partial charge on any atom is -0.405 e. The van der Waals surface area contributed by atoms with E-state index in [1.165, 1.54) is 6.20 Å². The molecular weight excluding hydrogens is 216 g/mol. The van der Waals surface area contributed by atoms with Crippen molar-refractivity contribution >= 4 is 17.6 Å². The summed E-state index contributed by atoms with van der Waals surface area (Å²) < 4.78 is 5.16. The lowest BCUT2D eigenvalue weighted by Crippen LogP contribution is -2.20. The van der Waals surface area contributed by atoms with E-state index in [2.05, 4.69) is 9.97 Å². The molecule has 0 aromatic carbocycles. The number of ether oxygens (including phenoxy) is 1. The third-order valence-corrected chi connectivity index (χ3v) is 2.75. The Balaban J connectivity index is 2.16. The van der Waals surface area contributed by atoms with E-state index in [-0.39, 0.29) is 22.4 Å². The van der Waals surface area contributed by atoms with E-state index in [1.807, 2.05) is 6.92 Å². The molecule has 0 spiro atoms. The molecule has 0 radical (unpaired) electrons. The molecule has 0 saturated heterocycles. The summed E-state index contributed by atoms with van der Waals surface area (Å²) in [6, 6.07) is 0. The van der Waals surface area contributed by atoms with Crippen LogP contribution in [0, 0.1) is 12.3 Å². The number of halogens is 1. The van der Waals surface area contributed by atoms with Crippen molar-refractivity contribution < 1.29 is 9.53 Å². The van der Waals surface area contributed by atoms with Crippen molar-refractivity contribution in [2.75, 3.05) is 0 Å². The molecule has 0 amide bonds. The van der Waals surface area contributed by atoms with E-state index in [0.717, 1.165) is 12.8 Å². The summed E-state index contributed by atoms with van der Waals surface area (Å²) >= 11 is 5.67. The second-order valence-electron chi connectivity index (χ2n) is 4.03. The van der Waals surface area contributed by atoms with Crippen LogP contribution in [0.5, 0.6) is 5.88 Å². The lowest BCUT2D eigenvalue weighted by atomic mass is 10.1. The average Bonchev–Trinajstić information content (AvgIpc) is 2.91. The minimum absolute atomic E-state index is 0.209. The highest BCUT2D eigenvalue weighted by molar-refractivity contribution is 6.29. The number of hydrogen-bond donors (Lipinski definition) is 0. The molecule has 2 rings (SSSR count). The van der Waals surface area contributed by atoms with Crippen LogP contribution in [0.2, 0.25) is 5.15 Å². The van der Waals surface area contributed by atoms with Crippen LogP contribution in [0.15, 0.2) is 6.20 Å². The van der Waals surface area contributed by atoms with Crippen LogP contribution in [-0.4, -0.2) is 15.9 Å². The number of esters is 1. The number of nitrogens with zero attached hydrogens (tertiary/aromatic N) is 2. The van der Waals surface area contributed by atoms with E-state index >= 15 is 0 Å². The second-order valence-corrected chi connectivity index (χ2v) is 4.42. The van der Waals surface area contributed by atoms with Gasteiger partial charge in [0.2, 0.25) is 5.88 Å². The van der Waals surface area contributed by atoms with E-state index in [4.69, 9.17) is 16.3 Å². The van der Waals surface area contributed by atoms with E-state index in [0.29, 0.717) is 5.69 Å². The van der Waals surface area contributed by atoms with Crippen molar-refractivity contribution in [2.24, 2.45) is 5.41 Å². The fourth-order valence-corrected chi connectivity index (χ4v) is 1.24. The maximum absolute atomic E-state index is 11.6. The number of aryl methyl sites for hydroxylation is 1. The predicted molar refractivity (Wildman–Crippen MR) is 54.8 cm³/mol.